The van der Waals surface area contributed by atoms with Gasteiger partial charge in [0.25, 0.3) is 0 Å². The van der Waals surface area contributed by atoms with Gasteiger partial charge in [0, 0.05) is 10.9 Å². The molecule has 2 aromatic rings. The number of fused-ring (bicyclic) bond motifs is 1. The van der Waals surface area contributed by atoms with Gasteiger partial charge >= 0.3 is 0 Å². The van der Waals surface area contributed by atoms with Crippen LogP contribution in [0, 0.1) is 11.7 Å². The average molecular weight is 427 g/mol. The van der Waals surface area contributed by atoms with Crippen LogP contribution in [0.25, 0.3) is 0 Å². The van der Waals surface area contributed by atoms with E-state index in [0.29, 0.717) is 6.54 Å². The van der Waals surface area contributed by atoms with Crippen LogP contribution < -0.4 is 10.2 Å². The Kier molecular flexibility index (Phi) is 6.42. The first-order valence-corrected chi connectivity index (χ1v) is 11.5. The quantitative estimate of drug-likeness (QED) is 0.738. The maximum atomic E-state index is 13.4. The van der Waals surface area contributed by atoms with Crippen LogP contribution in [0.4, 0.5) is 10.1 Å². The lowest BCUT2D eigenvalue weighted by atomic mass is 9.94. The number of amides is 2. The molecule has 2 aliphatic rings. The topological polar surface area (TPSA) is 49.4 Å². The lowest BCUT2D eigenvalue weighted by molar-refractivity contribution is -0.129. The van der Waals surface area contributed by atoms with Crippen molar-refractivity contribution >= 4 is 29.3 Å². The van der Waals surface area contributed by atoms with Gasteiger partial charge in [-0.05, 0) is 42.7 Å². The van der Waals surface area contributed by atoms with Gasteiger partial charge in [0.1, 0.15) is 11.1 Å². The van der Waals surface area contributed by atoms with Crippen LogP contribution in [0.1, 0.15) is 44.6 Å². The smallest absolute Gasteiger partial charge is 0.241 e. The summed E-state index contributed by atoms with van der Waals surface area (Å²) in [5.41, 5.74) is 1.69. The normalized spacial score (nSPS) is 20.5. The van der Waals surface area contributed by atoms with Gasteiger partial charge < -0.3 is 10.2 Å². The molecule has 0 aromatic heterocycles. The zero-order valence-electron chi connectivity index (χ0n) is 17.1. The van der Waals surface area contributed by atoms with E-state index in [2.05, 4.69) is 5.32 Å². The first-order valence-electron chi connectivity index (χ1n) is 10.6. The van der Waals surface area contributed by atoms with E-state index in [-0.39, 0.29) is 23.7 Å². The van der Waals surface area contributed by atoms with Crippen LogP contribution in [0.3, 0.4) is 0 Å². The van der Waals surface area contributed by atoms with Crippen LogP contribution in [0.2, 0.25) is 0 Å². The van der Waals surface area contributed by atoms with Gasteiger partial charge in [0.2, 0.25) is 11.8 Å². The molecule has 30 heavy (non-hydrogen) atoms. The highest BCUT2D eigenvalue weighted by Gasteiger charge is 2.39. The Labute approximate surface area is 181 Å². The minimum Gasteiger partial charge on any atom is -0.353 e. The summed E-state index contributed by atoms with van der Waals surface area (Å²) < 4.78 is 13.3. The number of nitrogens with zero attached hydrogens (tertiary/aromatic N) is 1. The summed E-state index contributed by atoms with van der Waals surface area (Å²) in [6.45, 7) is 2.20. The lowest BCUT2D eigenvalue weighted by Crippen LogP contribution is -2.49. The number of hydrogen-bond donors (Lipinski definition) is 1. The van der Waals surface area contributed by atoms with Gasteiger partial charge in [-0.2, -0.15) is 0 Å². The van der Waals surface area contributed by atoms with Gasteiger partial charge in [-0.3, -0.25) is 9.59 Å². The number of benzene rings is 2. The van der Waals surface area contributed by atoms with E-state index < -0.39 is 11.2 Å². The fourth-order valence-corrected chi connectivity index (χ4v) is 5.49. The Morgan fingerprint density at radius 3 is 2.57 bits per heavy atom. The first kappa shape index (κ1) is 20.9. The maximum Gasteiger partial charge on any atom is 0.241 e. The molecule has 1 fully saturated rings. The Morgan fingerprint density at radius 2 is 1.83 bits per heavy atom. The lowest BCUT2D eigenvalue weighted by Gasteiger charge is -2.36. The number of halogens is 1. The molecule has 0 bridgehead atoms. The summed E-state index contributed by atoms with van der Waals surface area (Å²) in [7, 11) is 0. The third kappa shape index (κ3) is 4.53. The Morgan fingerprint density at radius 1 is 1.13 bits per heavy atom. The molecule has 2 aromatic carbocycles. The van der Waals surface area contributed by atoms with Gasteiger partial charge in [0.15, 0.2) is 0 Å². The molecule has 0 radical (unpaired) electrons. The summed E-state index contributed by atoms with van der Waals surface area (Å²) in [5.74, 6) is -0.859. The van der Waals surface area contributed by atoms with Crippen molar-refractivity contribution in [2.45, 2.75) is 61.8 Å². The van der Waals surface area contributed by atoms with Crippen molar-refractivity contribution in [2.75, 3.05) is 4.90 Å². The van der Waals surface area contributed by atoms with Crippen molar-refractivity contribution < 1.29 is 14.0 Å². The van der Waals surface area contributed by atoms with E-state index in [0.717, 1.165) is 41.8 Å². The molecule has 158 valence electrons. The van der Waals surface area contributed by atoms with Crippen molar-refractivity contribution in [3.8, 4) is 0 Å². The molecule has 1 aliphatic carbocycles. The molecule has 0 unspecified atom stereocenters. The first-order chi connectivity index (χ1) is 14.5. The van der Waals surface area contributed by atoms with Gasteiger partial charge in [-0.1, -0.05) is 50.5 Å². The third-order valence-corrected chi connectivity index (χ3v) is 7.46. The van der Waals surface area contributed by atoms with Crippen molar-refractivity contribution in [1.82, 2.24) is 5.32 Å². The Bertz CT molecular complexity index is 912. The SMILES string of the molecule is C[C@H](C(=O)NC1CCCCC1)[C@@H]1Sc2ccccc2N(Cc2ccc(F)cc2)C1=O. The number of hydrogen-bond acceptors (Lipinski definition) is 3. The predicted molar refractivity (Wildman–Crippen MR) is 118 cm³/mol. The van der Waals surface area contributed by atoms with Gasteiger partial charge in [0.05, 0.1) is 18.2 Å². The van der Waals surface area contributed by atoms with E-state index in [1.165, 1.54) is 30.3 Å². The number of thioether (sulfide) groups is 1. The largest absolute Gasteiger partial charge is 0.353 e. The predicted octanol–water partition coefficient (Wildman–Crippen LogP) is 4.92. The van der Waals surface area contributed by atoms with Crippen LogP contribution >= 0.6 is 11.8 Å². The number of anilines is 1. The maximum absolute atomic E-state index is 13.4. The standard InChI is InChI=1S/C24H27FN2O2S/c1-16(23(28)26-19-7-3-2-4-8-19)22-24(29)27(15-17-11-13-18(25)14-12-17)20-9-5-6-10-21(20)30-22/h5-6,9-14,16,19,22H,2-4,7-8,15H2,1H3,(H,26,28)/t16-,22-/m0/s1. The fourth-order valence-electron chi connectivity index (χ4n) is 4.21. The van der Waals surface area contributed by atoms with Crippen molar-refractivity contribution in [1.29, 1.82) is 0 Å². The highest BCUT2D eigenvalue weighted by Crippen LogP contribution is 2.42. The summed E-state index contributed by atoms with van der Waals surface area (Å²) in [5, 5.41) is 2.68. The zero-order chi connectivity index (χ0) is 21.1. The van der Waals surface area contributed by atoms with Crippen LogP contribution in [0.5, 0.6) is 0 Å². The minimum absolute atomic E-state index is 0.0473. The Hall–Kier alpha value is -2.34. The number of rotatable bonds is 5. The number of nitrogens with one attached hydrogen (secondary N) is 1. The molecule has 4 nitrogen and oxygen atoms in total. The molecule has 2 amide bonds. The highest BCUT2D eigenvalue weighted by atomic mass is 32.2. The summed E-state index contributed by atoms with van der Waals surface area (Å²) in [6.07, 6.45) is 5.56. The second-order valence-electron chi connectivity index (χ2n) is 8.19. The number of carbonyl (C=O) groups is 2. The molecule has 2 atom stereocenters. The van der Waals surface area contributed by atoms with E-state index in [4.69, 9.17) is 0 Å². The van der Waals surface area contributed by atoms with Gasteiger partial charge in [-0.25, -0.2) is 4.39 Å². The highest BCUT2D eigenvalue weighted by molar-refractivity contribution is 8.01. The Balaban J connectivity index is 1.54. The average Bonchev–Trinajstić information content (AvgIpc) is 2.77. The van der Waals surface area contributed by atoms with E-state index in [1.54, 1.807) is 17.0 Å². The van der Waals surface area contributed by atoms with E-state index in [9.17, 15) is 14.0 Å². The van der Waals surface area contributed by atoms with Crippen LogP contribution in [0.15, 0.2) is 53.4 Å². The molecule has 1 saturated carbocycles. The summed E-state index contributed by atoms with van der Waals surface area (Å²) in [6, 6.07) is 14.2. The van der Waals surface area contributed by atoms with Gasteiger partial charge in [-0.15, -0.1) is 11.8 Å². The molecular formula is C24H27FN2O2S. The zero-order valence-corrected chi connectivity index (χ0v) is 18.0. The molecular weight excluding hydrogens is 399 g/mol. The monoisotopic (exact) mass is 426 g/mol. The van der Waals surface area contributed by atoms with Crippen molar-refractivity contribution in [3.63, 3.8) is 0 Å². The third-order valence-electron chi connectivity index (χ3n) is 5.99. The van der Waals surface area contributed by atoms with Crippen LogP contribution in [-0.4, -0.2) is 23.1 Å². The molecule has 1 N–H and O–H groups in total. The van der Waals surface area contributed by atoms with E-state index >= 15 is 0 Å². The minimum atomic E-state index is -0.482. The van der Waals surface area contributed by atoms with E-state index in [1.807, 2.05) is 31.2 Å². The summed E-state index contributed by atoms with van der Waals surface area (Å²) >= 11 is 1.47. The molecule has 4 rings (SSSR count). The fraction of sp³-hybridized carbons (Fsp3) is 0.417. The van der Waals surface area contributed by atoms with Crippen molar-refractivity contribution in [2.24, 2.45) is 5.92 Å². The number of carbonyl (C=O) groups excluding carboxylic acids is 2. The van der Waals surface area contributed by atoms with Crippen LogP contribution in [-0.2, 0) is 16.1 Å². The summed E-state index contributed by atoms with van der Waals surface area (Å²) in [4.78, 5) is 29.1. The van der Waals surface area contributed by atoms with Crippen molar-refractivity contribution in [3.05, 3.63) is 59.9 Å². The number of para-hydroxylation sites is 1. The molecule has 1 heterocycles. The molecule has 0 spiro atoms. The molecule has 1 aliphatic heterocycles. The second kappa shape index (κ2) is 9.21. The molecule has 6 heteroatoms. The second-order valence-corrected chi connectivity index (χ2v) is 9.37. The molecule has 0 saturated heterocycles.